The van der Waals surface area contributed by atoms with Gasteiger partial charge in [0.1, 0.15) is 12.4 Å². The van der Waals surface area contributed by atoms with Crippen LogP contribution in [0.25, 0.3) is 10.9 Å². The van der Waals surface area contributed by atoms with Crippen molar-refractivity contribution in [1.82, 2.24) is 9.66 Å². The molecule has 3 aromatic carbocycles. The van der Waals surface area contributed by atoms with Gasteiger partial charge in [0, 0.05) is 5.92 Å². The number of hydrogen-bond donors (Lipinski definition) is 0. The fourth-order valence-corrected chi connectivity index (χ4v) is 5.64. The fraction of sp³-hybridized carbons (Fsp3) is 0.276. The number of aromatic nitrogens is 2. The van der Waals surface area contributed by atoms with Crippen LogP contribution in [-0.2, 0) is 6.61 Å². The van der Waals surface area contributed by atoms with Crippen LogP contribution in [0.15, 0.2) is 69.0 Å². The summed E-state index contributed by atoms with van der Waals surface area (Å²) in [6.07, 6.45) is 7.13. The van der Waals surface area contributed by atoms with Crippen molar-refractivity contribution in [1.29, 1.82) is 0 Å². The lowest BCUT2D eigenvalue weighted by molar-refractivity contribution is 0.282. The molecule has 0 N–H and O–H groups in total. The average molecular weight is 615 g/mol. The molecule has 38 heavy (non-hydrogen) atoms. The Morgan fingerprint density at radius 3 is 2.63 bits per heavy atom. The van der Waals surface area contributed by atoms with E-state index in [1.165, 1.54) is 11.1 Å². The molecule has 1 heterocycles. The summed E-state index contributed by atoms with van der Waals surface area (Å²) in [7, 11) is 1.58. The zero-order valence-corrected chi connectivity index (χ0v) is 23.9. The van der Waals surface area contributed by atoms with E-state index < -0.39 is 0 Å². The fourth-order valence-electron chi connectivity index (χ4n) is 4.74. The Balaban J connectivity index is 1.47. The van der Waals surface area contributed by atoms with Crippen molar-refractivity contribution in [2.75, 3.05) is 7.11 Å². The smallest absolute Gasteiger partial charge is 0.282 e. The molecule has 0 amide bonds. The van der Waals surface area contributed by atoms with Crippen molar-refractivity contribution in [2.45, 2.75) is 44.6 Å². The molecule has 5 rings (SSSR count). The maximum atomic E-state index is 13.5. The van der Waals surface area contributed by atoms with Gasteiger partial charge < -0.3 is 9.47 Å². The van der Waals surface area contributed by atoms with E-state index >= 15 is 0 Å². The van der Waals surface area contributed by atoms with Gasteiger partial charge in [0.25, 0.3) is 5.56 Å². The Morgan fingerprint density at radius 1 is 1.08 bits per heavy atom. The first-order valence-corrected chi connectivity index (χ1v) is 14.0. The van der Waals surface area contributed by atoms with E-state index in [4.69, 9.17) is 37.7 Å². The number of para-hydroxylation sites is 1. The molecule has 196 valence electrons. The van der Waals surface area contributed by atoms with Gasteiger partial charge in [-0.15, -0.1) is 0 Å². The highest BCUT2D eigenvalue weighted by atomic mass is 79.9. The molecule has 4 aromatic rings. The highest BCUT2D eigenvalue weighted by molar-refractivity contribution is 9.10. The van der Waals surface area contributed by atoms with Gasteiger partial charge in [-0.05, 0) is 76.3 Å². The van der Waals surface area contributed by atoms with Gasteiger partial charge in [-0.1, -0.05) is 60.7 Å². The molecule has 0 aliphatic heterocycles. The Kier molecular flexibility index (Phi) is 8.36. The average Bonchev–Trinajstić information content (AvgIpc) is 2.94. The molecule has 0 spiro atoms. The number of methoxy groups -OCH3 is 1. The molecule has 1 aliphatic carbocycles. The Hall–Kier alpha value is -2.87. The summed E-state index contributed by atoms with van der Waals surface area (Å²) in [6.45, 7) is 0.280. The summed E-state index contributed by atoms with van der Waals surface area (Å²) in [6, 6.07) is 16.5. The lowest BCUT2D eigenvalue weighted by Crippen LogP contribution is -2.25. The second-order valence-electron chi connectivity index (χ2n) is 9.25. The molecular formula is C29H26BrCl2N3O3. The van der Waals surface area contributed by atoms with Crippen molar-refractivity contribution >= 4 is 56.2 Å². The van der Waals surface area contributed by atoms with E-state index in [1.54, 1.807) is 31.5 Å². The van der Waals surface area contributed by atoms with Gasteiger partial charge in [0.2, 0.25) is 0 Å². The predicted molar refractivity (Wildman–Crippen MR) is 156 cm³/mol. The third-order valence-electron chi connectivity index (χ3n) is 6.69. The number of ether oxygens (including phenoxy) is 2. The summed E-state index contributed by atoms with van der Waals surface area (Å²) in [5, 5.41) is 6.14. The number of nitrogens with zero attached hydrogens (tertiary/aromatic N) is 3. The number of rotatable bonds is 7. The molecule has 1 saturated carbocycles. The minimum Gasteiger partial charge on any atom is -0.493 e. The van der Waals surface area contributed by atoms with E-state index in [1.807, 2.05) is 36.4 Å². The van der Waals surface area contributed by atoms with Crippen LogP contribution in [0.3, 0.4) is 0 Å². The SMILES string of the molecule is COc1cc(C=Nn2c(C3CCCCC3)nc3ccccc3c2=O)cc(Br)c1OCc1ccc(Cl)c(Cl)c1. The number of benzene rings is 3. The molecule has 1 aromatic heterocycles. The summed E-state index contributed by atoms with van der Waals surface area (Å²) in [5.41, 5.74) is 2.15. The van der Waals surface area contributed by atoms with Gasteiger partial charge in [-0.2, -0.15) is 9.78 Å². The van der Waals surface area contributed by atoms with Crippen LogP contribution in [0.1, 0.15) is 55.0 Å². The highest BCUT2D eigenvalue weighted by Gasteiger charge is 2.22. The summed E-state index contributed by atoms with van der Waals surface area (Å²) in [4.78, 5) is 18.3. The van der Waals surface area contributed by atoms with E-state index in [2.05, 4.69) is 21.0 Å². The third-order valence-corrected chi connectivity index (χ3v) is 8.02. The Bertz CT molecular complexity index is 1570. The largest absolute Gasteiger partial charge is 0.493 e. The number of hydrogen-bond acceptors (Lipinski definition) is 5. The number of fused-ring (bicyclic) bond motifs is 1. The van der Waals surface area contributed by atoms with Crippen LogP contribution in [0.4, 0.5) is 0 Å². The zero-order chi connectivity index (χ0) is 26.6. The highest BCUT2D eigenvalue weighted by Crippen LogP contribution is 2.37. The van der Waals surface area contributed by atoms with Crippen molar-refractivity contribution in [3.8, 4) is 11.5 Å². The molecule has 9 heteroatoms. The summed E-state index contributed by atoms with van der Waals surface area (Å²) >= 11 is 15.7. The minimum absolute atomic E-state index is 0.167. The van der Waals surface area contributed by atoms with Crippen molar-refractivity contribution in [3.05, 3.63) is 96.4 Å². The minimum atomic E-state index is -0.167. The topological polar surface area (TPSA) is 65.7 Å². The summed E-state index contributed by atoms with van der Waals surface area (Å²) in [5.74, 6) is 1.99. The first-order valence-electron chi connectivity index (χ1n) is 12.4. The van der Waals surface area contributed by atoms with Crippen LogP contribution in [0.5, 0.6) is 11.5 Å². The quantitative estimate of drug-likeness (QED) is 0.198. The second-order valence-corrected chi connectivity index (χ2v) is 10.9. The molecule has 0 unspecified atom stereocenters. The van der Waals surface area contributed by atoms with Crippen LogP contribution < -0.4 is 15.0 Å². The second kappa shape index (κ2) is 11.9. The van der Waals surface area contributed by atoms with Gasteiger partial charge in [0.15, 0.2) is 11.5 Å². The van der Waals surface area contributed by atoms with Gasteiger partial charge in [-0.3, -0.25) is 4.79 Å². The molecule has 6 nitrogen and oxygen atoms in total. The first-order chi connectivity index (χ1) is 18.4. The standard InChI is InChI=1S/C29H26BrCl2N3O3/c1-37-26-15-19(13-22(30)27(26)38-17-18-11-12-23(31)24(32)14-18)16-33-35-28(20-7-3-2-4-8-20)34-25-10-6-5-9-21(25)29(35)36/h5-6,9-16,20H,2-4,7-8,17H2,1H3. The third kappa shape index (κ3) is 5.75. The number of halogens is 3. The van der Waals surface area contributed by atoms with Gasteiger partial charge >= 0.3 is 0 Å². The summed E-state index contributed by atoms with van der Waals surface area (Å²) < 4.78 is 13.8. The monoisotopic (exact) mass is 613 g/mol. The van der Waals surface area contributed by atoms with Crippen LogP contribution in [0.2, 0.25) is 10.0 Å². The molecule has 0 atom stereocenters. The Morgan fingerprint density at radius 2 is 1.87 bits per heavy atom. The van der Waals surface area contributed by atoms with E-state index in [0.717, 1.165) is 42.6 Å². The lowest BCUT2D eigenvalue weighted by Gasteiger charge is -2.22. The molecule has 0 bridgehead atoms. The maximum Gasteiger partial charge on any atom is 0.282 e. The predicted octanol–water partition coefficient (Wildman–Crippen LogP) is 7.98. The lowest BCUT2D eigenvalue weighted by atomic mass is 9.88. The first kappa shape index (κ1) is 26.7. The molecule has 0 saturated heterocycles. The van der Waals surface area contributed by atoms with Crippen molar-refractivity contribution < 1.29 is 9.47 Å². The van der Waals surface area contributed by atoms with Crippen LogP contribution in [-0.4, -0.2) is 23.0 Å². The normalized spacial score (nSPS) is 14.3. The molecule has 0 radical (unpaired) electrons. The van der Waals surface area contributed by atoms with Gasteiger partial charge in [-0.25, -0.2) is 4.98 Å². The van der Waals surface area contributed by atoms with Crippen molar-refractivity contribution in [3.63, 3.8) is 0 Å². The van der Waals surface area contributed by atoms with E-state index in [0.29, 0.717) is 36.9 Å². The van der Waals surface area contributed by atoms with Gasteiger partial charge in [0.05, 0.1) is 38.7 Å². The molecular weight excluding hydrogens is 589 g/mol. The van der Waals surface area contributed by atoms with Crippen LogP contribution >= 0.6 is 39.1 Å². The maximum absolute atomic E-state index is 13.5. The molecule has 1 aliphatic rings. The zero-order valence-electron chi connectivity index (χ0n) is 20.8. The Labute approximate surface area is 239 Å². The molecule has 1 fully saturated rings. The van der Waals surface area contributed by atoms with Crippen LogP contribution in [0, 0.1) is 0 Å². The van der Waals surface area contributed by atoms with E-state index in [9.17, 15) is 4.79 Å². The van der Waals surface area contributed by atoms with E-state index in [-0.39, 0.29) is 18.1 Å². The van der Waals surface area contributed by atoms with Crippen molar-refractivity contribution in [2.24, 2.45) is 5.10 Å².